The molecule has 0 amide bonds. The quantitative estimate of drug-likeness (QED) is 0.380. The minimum Gasteiger partial charge on any atom is -0.772 e. The summed E-state index contributed by atoms with van der Waals surface area (Å²) in [5.41, 5.74) is 0. The van der Waals surface area contributed by atoms with E-state index >= 15 is 0 Å². The van der Waals surface area contributed by atoms with Crippen molar-refractivity contribution < 1.29 is 8.76 Å². The number of hydrogen-bond donors (Lipinski definition) is 0. The van der Waals surface area contributed by atoms with E-state index in [9.17, 15) is 8.76 Å². The van der Waals surface area contributed by atoms with Crippen LogP contribution in [-0.4, -0.2) is 18.9 Å². The first-order valence-corrected chi connectivity index (χ1v) is 4.16. The van der Waals surface area contributed by atoms with Gasteiger partial charge in [0, 0.05) is 10.2 Å². The molecule has 0 saturated heterocycles. The molecular weight excluding hydrogens is 215 g/mol. The molecule has 4 heteroatoms. The summed E-state index contributed by atoms with van der Waals surface area (Å²) < 4.78 is 19.9. The second-order valence-electron chi connectivity index (χ2n) is 0.697. The molecule has 0 fully saturated rings. The molecule has 0 aromatic rings. The van der Waals surface area contributed by atoms with Crippen LogP contribution >= 0.6 is 22.6 Å². The number of rotatable bonds is 2. The lowest BCUT2D eigenvalue weighted by atomic mass is 11.0. The van der Waals surface area contributed by atoms with Crippen LogP contribution in [0.5, 0.6) is 0 Å². The molecule has 38 valence electrons. The van der Waals surface area contributed by atoms with Crippen molar-refractivity contribution in [3.8, 4) is 0 Å². The Labute approximate surface area is 52.7 Å². The highest BCUT2D eigenvalue weighted by molar-refractivity contribution is 14.1. The third-order valence-electron chi connectivity index (χ3n) is 0.244. The van der Waals surface area contributed by atoms with Crippen LogP contribution in [0.1, 0.15) is 0 Å². The van der Waals surface area contributed by atoms with E-state index in [0.717, 1.165) is 0 Å². The number of alkyl halides is 1. The van der Waals surface area contributed by atoms with Gasteiger partial charge in [0.1, 0.15) is 0 Å². The average Bonchev–Trinajstić information content (AvgIpc) is 1.35. The van der Waals surface area contributed by atoms with E-state index < -0.39 is 11.1 Å². The van der Waals surface area contributed by atoms with Gasteiger partial charge in [0.25, 0.3) is 0 Å². The molecule has 0 heterocycles. The third kappa shape index (κ3) is 4.84. The Morgan fingerprint density at radius 2 is 2.33 bits per heavy atom. The van der Waals surface area contributed by atoms with Crippen molar-refractivity contribution >= 4 is 33.7 Å². The molecular formula is C2H4IO2S-. The SMILES string of the molecule is O=S([O-])CCI. The largest absolute Gasteiger partial charge is 0.772 e. The third-order valence-corrected chi connectivity index (χ3v) is 2.05. The molecule has 0 rings (SSSR count). The zero-order valence-corrected chi connectivity index (χ0v) is 5.99. The van der Waals surface area contributed by atoms with Crippen LogP contribution < -0.4 is 0 Å². The Balaban J connectivity index is 2.83. The van der Waals surface area contributed by atoms with Gasteiger partial charge in [-0.05, 0) is 0 Å². The summed E-state index contributed by atoms with van der Waals surface area (Å²) >= 11 is 0.187. The van der Waals surface area contributed by atoms with Gasteiger partial charge in [0.05, 0.1) is 0 Å². The van der Waals surface area contributed by atoms with Crippen molar-refractivity contribution in [3.63, 3.8) is 0 Å². The fraction of sp³-hybridized carbons (Fsp3) is 1.00. The minimum atomic E-state index is -1.82. The Kier molecular flexibility index (Phi) is 4.57. The Morgan fingerprint density at radius 1 is 1.83 bits per heavy atom. The van der Waals surface area contributed by atoms with E-state index in [-0.39, 0.29) is 5.75 Å². The van der Waals surface area contributed by atoms with Crippen molar-refractivity contribution in [2.24, 2.45) is 0 Å². The van der Waals surface area contributed by atoms with E-state index in [1.165, 1.54) is 0 Å². The van der Waals surface area contributed by atoms with Crippen LogP contribution in [0, 0.1) is 0 Å². The summed E-state index contributed by atoms with van der Waals surface area (Å²) in [4.78, 5) is 0. The first-order valence-electron chi connectivity index (χ1n) is 1.39. The van der Waals surface area contributed by atoms with Crippen molar-refractivity contribution in [2.75, 3.05) is 10.2 Å². The Hall–Kier alpha value is 0.840. The summed E-state index contributed by atoms with van der Waals surface area (Å²) in [6, 6.07) is 0. The molecule has 0 spiro atoms. The molecule has 0 aliphatic rings. The Morgan fingerprint density at radius 3 is 2.33 bits per heavy atom. The molecule has 0 aliphatic carbocycles. The molecule has 1 atom stereocenters. The highest BCUT2D eigenvalue weighted by Gasteiger charge is 1.74. The molecule has 1 unspecified atom stereocenters. The second kappa shape index (κ2) is 4.01. The van der Waals surface area contributed by atoms with Crippen LogP contribution in [-0.2, 0) is 11.1 Å². The molecule has 0 aromatic carbocycles. The summed E-state index contributed by atoms with van der Waals surface area (Å²) in [7, 11) is 0. The van der Waals surface area contributed by atoms with Gasteiger partial charge in [-0.25, -0.2) is 0 Å². The van der Waals surface area contributed by atoms with Crippen LogP contribution in [0.4, 0.5) is 0 Å². The van der Waals surface area contributed by atoms with Gasteiger partial charge < -0.3 is 4.55 Å². The second-order valence-corrected chi connectivity index (χ2v) is 2.79. The fourth-order valence-corrected chi connectivity index (χ4v) is 1.27. The zero-order valence-electron chi connectivity index (χ0n) is 3.02. The van der Waals surface area contributed by atoms with Gasteiger partial charge in [0.2, 0.25) is 0 Å². The van der Waals surface area contributed by atoms with Crippen LogP contribution in [0.3, 0.4) is 0 Å². The predicted molar refractivity (Wildman–Crippen MR) is 32.7 cm³/mol. The maximum absolute atomic E-state index is 9.59. The molecule has 0 N–H and O–H groups in total. The normalized spacial score (nSPS) is 14.3. The van der Waals surface area contributed by atoms with Crippen molar-refractivity contribution in [1.82, 2.24) is 0 Å². The van der Waals surface area contributed by atoms with Crippen molar-refractivity contribution in [2.45, 2.75) is 0 Å². The van der Waals surface area contributed by atoms with Gasteiger partial charge >= 0.3 is 0 Å². The number of hydrogen-bond acceptors (Lipinski definition) is 2. The average molecular weight is 219 g/mol. The van der Waals surface area contributed by atoms with Crippen LogP contribution in [0.15, 0.2) is 0 Å². The highest BCUT2D eigenvalue weighted by Crippen LogP contribution is 1.80. The molecule has 0 radical (unpaired) electrons. The fourth-order valence-electron chi connectivity index (χ4n) is 0.0630. The summed E-state index contributed by atoms with van der Waals surface area (Å²) in [6.45, 7) is 0. The van der Waals surface area contributed by atoms with E-state index in [4.69, 9.17) is 0 Å². The molecule has 0 saturated carbocycles. The summed E-state index contributed by atoms with van der Waals surface area (Å²) in [6.07, 6.45) is 0. The molecule has 2 nitrogen and oxygen atoms in total. The zero-order chi connectivity index (χ0) is 4.99. The Bertz CT molecular complexity index is 55.5. The van der Waals surface area contributed by atoms with Gasteiger partial charge in [-0.1, -0.05) is 33.7 Å². The maximum atomic E-state index is 9.59. The van der Waals surface area contributed by atoms with E-state index in [2.05, 4.69) is 0 Å². The summed E-state index contributed by atoms with van der Waals surface area (Å²) in [5, 5.41) is 0. The van der Waals surface area contributed by atoms with Gasteiger partial charge in [-0.15, -0.1) is 0 Å². The van der Waals surface area contributed by atoms with Gasteiger partial charge in [0.15, 0.2) is 0 Å². The first kappa shape index (κ1) is 6.84. The van der Waals surface area contributed by atoms with Crippen LogP contribution in [0.25, 0.3) is 0 Å². The van der Waals surface area contributed by atoms with Gasteiger partial charge in [-0.3, -0.25) is 4.21 Å². The molecule has 0 aromatic heterocycles. The first-order chi connectivity index (χ1) is 2.77. The lowest BCUT2D eigenvalue weighted by molar-refractivity contribution is 0.539. The standard InChI is InChI=1S/C2H5IO2S/c3-1-2-6(4)5/h1-2H2,(H,4,5)/p-1. The maximum Gasteiger partial charge on any atom is 0.0191 e. The lowest BCUT2D eigenvalue weighted by Gasteiger charge is -1.96. The minimum absolute atomic E-state index is 0.278. The topological polar surface area (TPSA) is 40.1 Å². The monoisotopic (exact) mass is 219 g/mol. The van der Waals surface area contributed by atoms with Crippen molar-refractivity contribution in [1.29, 1.82) is 0 Å². The number of halogens is 1. The molecule has 6 heavy (non-hydrogen) atoms. The smallest absolute Gasteiger partial charge is 0.0191 e. The van der Waals surface area contributed by atoms with Crippen LogP contribution in [0.2, 0.25) is 0 Å². The summed E-state index contributed by atoms with van der Waals surface area (Å²) in [5.74, 6) is 0.278. The predicted octanol–water partition coefficient (Wildman–Crippen LogP) is 0.301. The van der Waals surface area contributed by atoms with E-state index in [0.29, 0.717) is 4.43 Å². The molecule has 0 aliphatic heterocycles. The van der Waals surface area contributed by atoms with E-state index in [1.54, 1.807) is 0 Å². The lowest BCUT2D eigenvalue weighted by Crippen LogP contribution is -1.93. The van der Waals surface area contributed by atoms with E-state index in [1.807, 2.05) is 22.6 Å². The van der Waals surface area contributed by atoms with Gasteiger partial charge in [-0.2, -0.15) is 0 Å². The highest BCUT2D eigenvalue weighted by atomic mass is 127. The molecule has 0 bridgehead atoms. The van der Waals surface area contributed by atoms with Crippen molar-refractivity contribution in [3.05, 3.63) is 0 Å².